The Kier molecular flexibility index (Phi) is 3.67. The van der Waals surface area contributed by atoms with Crippen LogP contribution in [0.3, 0.4) is 0 Å². The monoisotopic (exact) mass is 316 g/mol. The second-order valence-corrected chi connectivity index (χ2v) is 7.28. The number of nitrogens with zero attached hydrogens (tertiary/aromatic N) is 2. The van der Waals surface area contributed by atoms with Gasteiger partial charge in [0.2, 0.25) is 5.78 Å². The molecule has 2 aromatic rings. The highest BCUT2D eigenvalue weighted by molar-refractivity contribution is 7.23. The normalized spacial score (nSPS) is 19.4. The first kappa shape index (κ1) is 15.3. The minimum absolute atomic E-state index is 0.116. The number of aromatic nitrogens is 2. The van der Waals surface area contributed by atoms with Crippen LogP contribution in [0, 0.1) is 0 Å². The first-order chi connectivity index (χ1) is 10.3. The minimum Gasteiger partial charge on any atom is -0.399 e. The van der Waals surface area contributed by atoms with Crippen molar-refractivity contribution in [2.24, 2.45) is 0 Å². The van der Waals surface area contributed by atoms with Gasteiger partial charge in [-0.05, 0) is 39.8 Å². The van der Waals surface area contributed by atoms with Gasteiger partial charge in [0.25, 0.3) is 0 Å². The Labute approximate surface area is 133 Å². The molecule has 114 valence electrons. The number of hydrogen-bond acceptors (Lipinski definition) is 6. The lowest BCUT2D eigenvalue weighted by Crippen LogP contribution is -2.41. The standard InChI is InChI=1S/C15H17BN2O3S/c1-14(2)15(3,4)21-16(20-14)11-9-18-13(22-11)12(19)10-5-7-17-8-6-10/h5-9H,1-4H3. The third-order valence-corrected chi connectivity index (χ3v) is 5.16. The molecule has 1 aliphatic heterocycles. The number of carbonyl (C=O) groups excluding carboxylic acids is 1. The maximum absolute atomic E-state index is 12.4. The van der Waals surface area contributed by atoms with Gasteiger partial charge < -0.3 is 9.31 Å². The zero-order valence-corrected chi connectivity index (χ0v) is 13.8. The molecule has 0 amide bonds. The highest BCUT2D eigenvalue weighted by Gasteiger charge is 2.52. The molecule has 1 saturated heterocycles. The van der Waals surface area contributed by atoms with Gasteiger partial charge in [-0.25, -0.2) is 4.98 Å². The quantitative estimate of drug-likeness (QED) is 0.641. The van der Waals surface area contributed by atoms with Crippen molar-refractivity contribution < 1.29 is 14.1 Å². The smallest absolute Gasteiger partial charge is 0.399 e. The van der Waals surface area contributed by atoms with Crippen molar-refractivity contribution in [2.45, 2.75) is 38.9 Å². The van der Waals surface area contributed by atoms with Crippen molar-refractivity contribution >= 4 is 29.0 Å². The summed E-state index contributed by atoms with van der Waals surface area (Å²) < 4.78 is 12.8. The molecule has 0 bridgehead atoms. The minimum atomic E-state index is -0.485. The van der Waals surface area contributed by atoms with Crippen molar-refractivity contribution in [2.75, 3.05) is 0 Å². The van der Waals surface area contributed by atoms with E-state index in [2.05, 4.69) is 9.97 Å². The van der Waals surface area contributed by atoms with Crippen LogP contribution in [0.25, 0.3) is 0 Å². The van der Waals surface area contributed by atoms with Gasteiger partial charge in [-0.2, -0.15) is 0 Å². The zero-order chi connectivity index (χ0) is 16.0. The summed E-state index contributed by atoms with van der Waals surface area (Å²) in [4.78, 5) is 20.5. The molecule has 3 heterocycles. The molecule has 0 N–H and O–H groups in total. The number of thiazole rings is 1. The molecule has 0 aliphatic carbocycles. The molecule has 1 aliphatic rings. The van der Waals surface area contributed by atoms with Gasteiger partial charge >= 0.3 is 7.12 Å². The number of ketones is 1. The second kappa shape index (κ2) is 5.26. The molecular weight excluding hydrogens is 299 g/mol. The summed E-state index contributed by atoms with van der Waals surface area (Å²) in [5.41, 5.74) is -0.238. The average Bonchev–Trinajstić information content (AvgIpc) is 3.03. The molecule has 1 fully saturated rings. The van der Waals surface area contributed by atoms with Crippen LogP contribution < -0.4 is 4.78 Å². The molecule has 2 aromatic heterocycles. The summed E-state index contributed by atoms with van der Waals surface area (Å²) in [7, 11) is -0.485. The summed E-state index contributed by atoms with van der Waals surface area (Å²) in [6.45, 7) is 7.99. The van der Waals surface area contributed by atoms with Crippen LogP contribution >= 0.6 is 11.3 Å². The summed E-state index contributed by atoms with van der Waals surface area (Å²) in [5, 5.41) is 0.427. The van der Waals surface area contributed by atoms with Crippen molar-refractivity contribution in [3.63, 3.8) is 0 Å². The van der Waals surface area contributed by atoms with Crippen LogP contribution in [-0.4, -0.2) is 34.1 Å². The highest BCUT2D eigenvalue weighted by Crippen LogP contribution is 2.36. The van der Waals surface area contributed by atoms with E-state index in [0.29, 0.717) is 10.6 Å². The number of rotatable bonds is 3. The van der Waals surface area contributed by atoms with Crippen LogP contribution in [0.2, 0.25) is 0 Å². The lowest BCUT2D eigenvalue weighted by molar-refractivity contribution is 0.00578. The first-order valence-electron chi connectivity index (χ1n) is 7.06. The third kappa shape index (κ3) is 2.60. The number of carbonyl (C=O) groups is 1. The molecule has 0 spiro atoms. The van der Waals surface area contributed by atoms with Gasteiger partial charge in [-0.15, -0.1) is 11.3 Å². The SMILES string of the molecule is CC1(C)OB(c2cnc(C(=O)c3ccncc3)s2)OC1(C)C. The molecule has 0 aromatic carbocycles. The Morgan fingerprint density at radius 1 is 1.14 bits per heavy atom. The summed E-state index contributed by atoms with van der Waals surface area (Å²) >= 11 is 1.30. The van der Waals surface area contributed by atoms with Gasteiger partial charge in [0.1, 0.15) is 0 Å². The van der Waals surface area contributed by atoms with Gasteiger partial charge in [-0.1, -0.05) is 0 Å². The van der Waals surface area contributed by atoms with Crippen LogP contribution in [0.1, 0.15) is 43.1 Å². The third-order valence-electron chi connectivity index (χ3n) is 4.15. The van der Waals surface area contributed by atoms with Crippen LogP contribution in [0.4, 0.5) is 0 Å². The lowest BCUT2D eigenvalue weighted by atomic mass is 9.89. The lowest BCUT2D eigenvalue weighted by Gasteiger charge is -2.32. The van der Waals surface area contributed by atoms with E-state index in [1.807, 2.05) is 27.7 Å². The molecule has 0 radical (unpaired) electrons. The number of hydrogen-bond donors (Lipinski definition) is 0. The topological polar surface area (TPSA) is 61.3 Å². The fourth-order valence-corrected chi connectivity index (χ4v) is 2.92. The van der Waals surface area contributed by atoms with E-state index < -0.39 is 18.3 Å². The molecule has 0 atom stereocenters. The fourth-order valence-electron chi connectivity index (χ4n) is 2.09. The maximum atomic E-state index is 12.4. The van der Waals surface area contributed by atoms with Gasteiger partial charge in [0.05, 0.1) is 16.0 Å². The Morgan fingerprint density at radius 2 is 1.73 bits per heavy atom. The predicted octanol–water partition coefficient (Wildman–Crippen LogP) is 2.07. The van der Waals surface area contributed by atoms with E-state index in [-0.39, 0.29) is 5.78 Å². The number of pyridine rings is 1. The Bertz CT molecular complexity index is 684. The van der Waals surface area contributed by atoms with Crippen molar-refractivity contribution in [3.8, 4) is 0 Å². The first-order valence-corrected chi connectivity index (χ1v) is 7.88. The van der Waals surface area contributed by atoms with E-state index in [4.69, 9.17) is 9.31 Å². The highest BCUT2D eigenvalue weighted by atomic mass is 32.1. The molecule has 0 saturated carbocycles. The summed E-state index contributed by atoms with van der Waals surface area (Å²) in [6.07, 6.45) is 4.84. The maximum Gasteiger partial charge on any atom is 0.507 e. The molecule has 3 rings (SSSR count). The van der Waals surface area contributed by atoms with Crippen molar-refractivity contribution in [1.29, 1.82) is 0 Å². The summed E-state index contributed by atoms with van der Waals surface area (Å²) in [5.74, 6) is -0.116. The van der Waals surface area contributed by atoms with Gasteiger partial charge in [0.15, 0.2) is 5.01 Å². The van der Waals surface area contributed by atoms with E-state index in [9.17, 15) is 4.79 Å². The summed E-state index contributed by atoms with van der Waals surface area (Å²) in [6, 6.07) is 3.36. The van der Waals surface area contributed by atoms with Gasteiger partial charge in [0, 0.05) is 24.2 Å². The predicted molar refractivity (Wildman–Crippen MR) is 85.5 cm³/mol. The Morgan fingerprint density at radius 3 is 2.32 bits per heavy atom. The van der Waals surface area contributed by atoms with E-state index in [0.717, 1.165) is 4.78 Å². The van der Waals surface area contributed by atoms with Crippen LogP contribution in [0.5, 0.6) is 0 Å². The molecule has 7 heteroatoms. The Hall–Kier alpha value is -1.57. The van der Waals surface area contributed by atoms with Crippen LogP contribution in [0.15, 0.2) is 30.7 Å². The van der Waals surface area contributed by atoms with Crippen molar-refractivity contribution in [3.05, 3.63) is 41.3 Å². The molecule has 22 heavy (non-hydrogen) atoms. The van der Waals surface area contributed by atoms with E-state index in [1.54, 1.807) is 30.7 Å². The van der Waals surface area contributed by atoms with E-state index >= 15 is 0 Å². The van der Waals surface area contributed by atoms with Gasteiger partial charge in [-0.3, -0.25) is 9.78 Å². The average molecular weight is 316 g/mol. The molecule has 5 nitrogen and oxygen atoms in total. The largest absolute Gasteiger partial charge is 0.507 e. The molecular formula is C15H17BN2O3S. The van der Waals surface area contributed by atoms with Crippen molar-refractivity contribution in [1.82, 2.24) is 9.97 Å². The second-order valence-electron chi connectivity index (χ2n) is 6.22. The fraction of sp³-hybridized carbons (Fsp3) is 0.400. The molecule has 0 unspecified atom stereocenters. The zero-order valence-electron chi connectivity index (χ0n) is 13.0. The van der Waals surface area contributed by atoms with Crippen LogP contribution in [-0.2, 0) is 9.31 Å². The Balaban J connectivity index is 1.82. The van der Waals surface area contributed by atoms with E-state index in [1.165, 1.54) is 11.3 Å².